The van der Waals surface area contributed by atoms with Crippen molar-refractivity contribution in [1.82, 2.24) is 9.80 Å². The van der Waals surface area contributed by atoms with Gasteiger partial charge >= 0.3 is 0 Å². The van der Waals surface area contributed by atoms with Crippen molar-refractivity contribution in [1.29, 1.82) is 5.26 Å². The van der Waals surface area contributed by atoms with Crippen LogP contribution in [0, 0.1) is 18.3 Å². The van der Waals surface area contributed by atoms with Crippen LogP contribution in [0.25, 0.3) is 0 Å². The van der Waals surface area contributed by atoms with Crippen LogP contribution >= 0.6 is 0 Å². The van der Waals surface area contributed by atoms with Gasteiger partial charge in [0.2, 0.25) is 0 Å². The third-order valence-corrected chi connectivity index (χ3v) is 3.97. The Morgan fingerprint density at radius 2 is 1.75 bits per heavy atom. The van der Waals surface area contributed by atoms with E-state index >= 15 is 0 Å². The van der Waals surface area contributed by atoms with Crippen LogP contribution in [-0.2, 0) is 6.54 Å². The smallest absolute Gasteiger partial charge is 0.0622 e. The van der Waals surface area contributed by atoms with E-state index in [0.717, 1.165) is 32.6 Å². The van der Waals surface area contributed by atoms with Crippen molar-refractivity contribution < 1.29 is 0 Å². The number of hydrogen-bond acceptors (Lipinski definition) is 3. The third kappa shape index (κ3) is 4.96. The minimum absolute atomic E-state index is 0.684. The number of nitrogens with zero attached hydrogens (tertiary/aromatic N) is 3. The van der Waals surface area contributed by atoms with Gasteiger partial charge in [-0.05, 0) is 45.0 Å². The van der Waals surface area contributed by atoms with E-state index in [9.17, 15) is 0 Å². The van der Waals surface area contributed by atoms with E-state index < -0.39 is 0 Å². The molecule has 108 valence electrons. The number of rotatable bonds is 5. The first-order chi connectivity index (χ1) is 9.78. The molecule has 0 bridgehead atoms. The Balaban J connectivity index is 1.77. The van der Waals surface area contributed by atoms with Gasteiger partial charge in [-0.15, -0.1) is 0 Å². The molecule has 0 radical (unpaired) electrons. The molecule has 1 heterocycles. The average Bonchev–Trinajstić information content (AvgIpc) is 2.67. The van der Waals surface area contributed by atoms with E-state index in [-0.39, 0.29) is 0 Å². The molecule has 20 heavy (non-hydrogen) atoms. The number of hydrogen-bond donors (Lipinski definition) is 0. The molecule has 0 spiro atoms. The first-order valence-corrected chi connectivity index (χ1v) is 7.65. The molecule has 3 heteroatoms. The Morgan fingerprint density at radius 1 is 1.05 bits per heavy atom. The zero-order chi connectivity index (χ0) is 14.2. The van der Waals surface area contributed by atoms with Gasteiger partial charge in [0.1, 0.15) is 0 Å². The second-order valence-electron chi connectivity index (χ2n) is 5.72. The van der Waals surface area contributed by atoms with Gasteiger partial charge in [-0.1, -0.05) is 29.8 Å². The van der Waals surface area contributed by atoms with Gasteiger partial charge in [0, 0.05) is 26.1 Å². The molecule has 1 aromatic carbocycles. The molecule has 0 aliphatic carbocycles. The van der Waals surface area contributed by atoms with Crippen LogP contribution in [0.3, 0.4) is 0 Å². The van der Waals surface area contributed by atoms with E-state index in [2.05, 4.69) is 47.1 Å². The highest BCUT2D eigenvalue weighted by Gasteiger charge is 2.14. The lowest BCUT2D eigenvalue weighted by molar-refractivity contribution is 0.250. The second-order valence-corrected chi connectivity index (χ2v) is 5.72. The number of nitriles is 1. The van der Waals surface area contributed by atoms with Gasteiger partial charge < -0.3 is 4.90 Å². The average molecular weight is 271 g/mol. The predicted octanol–water partition coefficient (Wildman–Crippen LogP) is 2.81. The molecule has 1 aromatic rings. The van der Waals surface area contributed by atoms with Gasteiger partial charge in [0.05, 0.1) is 6.07 Å². The molecule has 0 amide bonds. The summed E-state index contributed by atoms with van der Waals surface area (Å²) in [6.45, 7) is 8.91. The molecular formula is C17H25N3. The highest BCUT2D eigenvalue weighted by atomic mass is 15.2. The number of unbranched alkanes of at least 4 members (excludes halogenated alkanes) is 1. The third-order valence-electron chi connectivity index (χ3n) is 3.97. The van der Waals surface area contributed by atoms with Crippen molar-refractivity contribution in [3.63, 3.8) is 0 Å². The van der Waals surface area contributed by atoms with Gasteiger partial charge in [-0.3, -0.25) is 4.90 Å². The fourth-order valence-electron chi connectivity index (χ4n) is 2.74. The van der Waals surface area contributed by atoms with Gasteiger partial charge in [0.15, 0.2) is 0 Å². The summed E-state index contributed by atoms with van der Waals surface area (Å²) in [7, 11) is 0. The maximum Gasteiger partial charge on any atom is 0.0622 e. The topological polar surface area (TPSA) is 30.3 Å². The second kappa shape index (κ2) is 8.04. The van der Waals surface area contributed by atoms with Crippen molar-refractivity contribution in [2.45, 2.75) is 32.7 Å². The lowest BCUT2D eigenvalue weighted by atomic mass is 10.1. The molecule has 0 aromatic heterocycles. The van der Waals surface area contributed by atoms with Gasteiger partial charge in [0.25, 0.3) is 0 Å². The summed E-state index contributed by atoms with van der Waals surface area (Å²) in [5.74, 6) is 0. The van der Waals surface area contributed by atoms with Crippen LogP contribution in [0.1, 0.15) is 30.4 Å². The normalized spacial score (nSPS) is 17.6. The Bertz CT molecular complexity index is 433. The molecule has 0 N–H and O–H groups in total. The molecule has 1 aliphatic heterocycles. The van der Waals surface area contributed by atoms with Crippen LogP contribution in [0.4, 0.5) is 0 Å². The summed E-state index contributed by atoms with van der Waals surface area (Å²) in [6.07, 6.45) is 2.93. The van der Waals surface area contributed by atoms with Crippen molar-refractivity contribution in [2.24, 2.45) is 0 Å². The molecule has 0 saturated carbocycles. The zero-order valence-corrected chi connectivity index (χ0v) is 12.5. The van der Waals surface area contributed by atoms with Crippen LogP contribution < -0.4 is 0 Å². The Labute approximate surface area is 122 Å². The number of benzene rings is 1. The monoisotopic (exact) mass is 271 g/mol. The minimum atomic E-state index is 0.684. The van der Waals surface area contributed by atoms with E-state index in [0.29, 0.717) is 6.42 Å². The molecule has 1 saturated heterocycles. The summed E-state index contributed by atoms with van der Waals surface area (Å²) in [4.78, 5) is 5.06. The van der Waals surface area contributed by atoms with Crippen LogP contribution in [-0.4, -0.2) is 42.5 Å². The Hall–Kier alpha value is -1.37. The molecule has 0 atom stereocenters. The molecule has 3 nitrogen and oxygen atoms in total. The maximum absolute atomic E-state index is 8.60. The maximum atomic E-state index is 8.60. The van der Waals surface area contributed by atoms with Crippen molar-refractivity contribution in [2.75, 3.05) is 32.7 Å². The summed E-state index contributed by atoms with van der Waals surface area (Å²) >= 11 is 0. The van der Waals surface area contributed by atoms with Crippen LogP contribution in [0.2, 0.25) is 0 Å². The predicted molar refractivity (Wildman–Crippen MR) is 82.4 cm³/mol. The summed E-state index contributed by atoms with van der Waals surface area (Å²) < 4.78 is 0. The van der Waals surface area contributed by atoms with Crippen LogP contribution in [0.5, 0.6) is 0 Å². The minimum Gasteiger partial charge on any atom is -0.302 e. The first kappa shape index (κ1) is 15.0. The fourth-order valence-corrected chi connectivity index (χ4v) is 2.74. The number of aryl methyl sites for hydroxylation is 1. The molecular weight excluding hydrogens is 246 g/mol. The molecule has 1 aliphatic rings. The lowest BCUT2D eigenvalue weighted by Gasteiger charge is -2.21. The lowest BCUT2D eigenvalue weighted by Crippen LogP contribution is -2.31. The van der Waals surface area contributed by atoms with Crippen molar-refractivity contribution in [3.8, 4) is 6.07 Å². The van der Waals surface area contributed by atoms with E-state index in [1.54, 1.807) is 0 Å². The standard InChI is InChI=1S/C17H25N3/c1-16-5-7-17(8-6-16)15-20-12-4-11-19(13-14-20)10-3-2-9-18/h5-8H,2-4,10-15H2,1H3. The Morgan fingerprint density at radius 3 is 2.50 bits per heavy atom. The summed E-state index contributed by atoms with van der Waals surface area (Å²) in [6, 6.07) is 11.1. The van der Waals surface area contributed by atoms with Gasteiger partial charge in [-0.25, -0.2) is 0 Å². The fraction of sp³-hybridized carbons (Fsp3) is 0.588. The van der Waals surface area contributed by atoms with E-state index in [1.807, 2.05) is 0 Å². The van der Waals surface area contributed by atoms with Crippen molar-refractivity contribution >= 4 is 0 Å². The largest absolute Gasteiger partial charge is 0.302 e. The van der Waals surface area contributed by atoms with Crippen LogP contribution in [0.15, 0.2) is 24.3 Å². The molecule has 2 rings (SSSR count). The Kier molecular flexibility index (Phi) is 6.04. The zero-order valence-electron chi connectivity index (χ0n) is 12.5. The van der Waals surface area contributed by atoms with Gasteiger partial charge in [-0.2, -0.15) is 5.26 Å². The first-order valence-electron chi connectivity index (χ1n) is 7.65. The quantitative estimate of drug-likeness (QED) is 0.771. The molecule has 0 unspecified atom stereocenters. The highest BCUT2D eigenvalue weighted by molar-refractivity contribution is 5.21. The van der Waals surface area contributed by atoms with E-state index in [1.165, 1.54) is 30.6 Å². The highest BCUT2D eigenvalue weighted by Crippen LogP contribution is 2.10. The summed E-state index contributed by atoms with van der Waals surface area (Å²) in [5, 5.41) is 8.60. The SMILES string of the molecule is Cc1ccc(CN2CCCN(CCCC#N)CC2)cc1. The molecule has 1 fully saturated rings. The van der Waals surface area contributed by atoms with E-state index in [4.69, 9.17) is 5.26 Å². The summed E-state index contributed by atoms with van der Waals surface area (Å²) in [5.41, 5.74) is 2.74. The van der Waals surface area contributed by atoms with Crippen molar-refractivity contribution in [3.05, 3.63) is 35.4 Å².